The third kappa shape index (κ3) is 4.03. The topological polar surface area (TPSA) is 52.6 Å². The molecule has 2 aliphatic rings. The van der Waals surface area contributed by atoms with Crippen molar-refractivity contribution in [2.75, 3.05) is 0 Å². The summed E-state index contributed by atoms with van der Waals surface area (Å²) in [7, 11) is 0. The maximum atomic E-state index is 12.9. The number of ketones is 2. The van der Waals surface area contributed by atoms with Gasteiger partial charge in [0.25, 0.3) is 0 Å². The van der Waals surface area contributed by atoms with Crippen molar-refractivity contribution in [3.63, 3.8) is 0 Å². The standard InChI is InChI=1S/C22H10F6O4/c23-21(24,25)31-17-9-15(11-5-1-3-7-13(11)19(17)29)16-10-18(32-22(26,27)28)20(30)14-8-4-2-6-12(14)16/h1-10H/b16-15-. The van der Waals surface area contributed by atoms with Crippen molar-refractivity contribution in [1.82, 2.24) is 0 Å². The lowest BCUT2D eigenvalue weighted by Gasteiger charge is -2.25. The Morgan fingerprint density at radius 1 is 0.531 bits per heavy atom. The molecular formula is C22H10F6O4. The van der Waals surface area contributed by atoms with Crippen LogP contribution in [-0.2, 0) is 9.47 Å². The van der Waals surface area contributed by atoms with Crippen LogP contribution in [0.4, 0.5) is 26.3 Å². The van der Waals surface area contributed by atoms with Crippen molar-refractivity contribution >= 4 is 22.7 Å². The fraction of sp³-hybridized carbons (Fsp3) is 0.0909. The average molecular weight is 452 g/mol. The van der Waals surface area contributed by atoms with Crippen LogP contribution >= 0.6 is 0 Å². The van der Waals surface area contributed by atoms with E-state index in [1.54, 1.807) is 0 Å². The fourth-order valence-corrected chi connectivity index (χ4v) is 3.49. The summed E-state index contributed by atoms with van der Waals surface area (Å²) in [4.78, 5) is 25.0. The van der Waals surface area contributed by atoms with Gasteiger partial charge >= 0.3 is 12.7 Å². The molecule has 0 aromatic heterocycles. The predicted octanol–water partition coefficient (Wildman–Crippen LogP) is 5.83. The number of ether oxygens (including phenoxy) is 2. The van der Waals surface area contributed by atoms with E-state index in [0.29, 0.717) is 0 Å². The molecule has 4 rings (SSSR count). The molecule has 0 radical (unpaired) electrons. The second kappa shape index (κ2) is 7.40. The monoisotopic (exact) mass is 452 g/mol. The molecule has 0 atom stereocenters. The number of rotatable bonds is 2. The summed E-state index contributed by atoms with van der Waals surface area (Å²) >= 11 is 0. The minimum absolute atomic E-state index is 0.0392. The van der Waals surface area contributed by atoms with E-state index >= 15 is 0 Å². The van der Waals surface area contributed by atoms with Crippen molar-refractivity contribution in [2.24, 2.45) is 0 Å². The second-order valence-electron chi connectivity index (χ2n) is 6.69. The zero-order valence-electron chi connectivity index (χ0n) is 15.7. The van der Waals surface area contributed by atoms with Gasteiger partial charge in [-0.25, -0.2) is 0 Å². The SMILES string of the molecule is O=C1C(OC(F)(F)F)=C/C(=C2\C=C(OC(F)(F)F)C(=O)c3ccccc32)c2ccccc21. The molecular weight excluding hydrogens is 442 g/mol. The largest absolute Gasteiger partial charge is 0.573 e. The number of Topliss-reactive ketones (excluding diaryl/α,β-unsaturated/α-hetero) is 2. The van der Waals surface area contributed by atoms with E-state index in [1.807, 2.05) is 0 Å². The zero-order valence-corrected chi connectivity index (χ0v) is 15.7. The number of hydrogen-bond donors (Lipinski definition) is 0. The molecule has 2 aromatic rings. The van der Waals surface area contributed by atoms with Crippen LogP contribution in [-0.4, -0.2) is 24.3 Å². The van der Waals surface area contributed by atoms with E-state index in [4.69, 9.17) is 0 Å². The van der Waals surface area contributed by atoms with Gasteiger partial charge in [0.1, 0.15) is 0 Å². The van der Waals surface area contributed by atoms with Crippen molar-refractivity contribution in [2.45, 2.75) is 12.7 Å². The van der Waals surface area contributed by atoms with Gasteiger partial charge in [0.15, 0.2) is 11.5 Å². The lowest BCUT2D eigenvalue weighted by molar-refractivity contribution is -0.303. The van der Waals surface area contributed by atoms with E-state index in [2.05, 4.69) is 9.47 Å². The Hall–Kier alpha value is -3.82. The first-order valence-electron chi connectivity index (χ1n) is 8.92. The number of hydrogen-bond acceptors (Lipinski definition) is 4. The van der Waals surface area contributed by atoms with E-state index in [1.165, 1.54) is 48.5 Å². The summed E-state index contributed by atoms with van der Waals surface area (Å²) in [5.74, 6) is -4.20. The number of carbonyl (C=O) groups excluding carboxylic acids is 2. The van der Waals surface area contributed by atoms with Gasteiger partial charge in [-0.15, -0.1) is 26.3 Å². The first kappa shape index (κ1) is 21.4. The molecule has 32 heavy (non-hydrogen) atoms. The molecule has 0 saturated heterocycles. The van der Waals surface area contributed by atoms with Gasteiger partial charge in [-0.05, 0) is 34.4 Å². The highest BCUT2D eigenvalue weighted by Crippen LogP contribution is 2.41. The molecule has 0 heterocycles. The highest BCUT2D eigenvalue weighted by atomic mass is 19.4. The molecule has 0 spiro atoms. The predicted molar refractivity (Wildman–Crippen MR) is 98.8 cm³/mol. The second-order valence-corrected chi connectivity index (χ2v) is 6.69. The van der Waals surface area contributed by atoms with Gasteiger partial charge in [0.2, 0.25) is 11.6 Å². The molecule has 2 aliphatic carbocycles. The molecule has 0 unspecified atom stereocenters. The van der Waals surface area contributed by atoms with Gasteiger partial charge in [-0.3, -0.25) is 9.59 Å². The summed E-state index contributed by atoms with van der Waals surface area (Å²) < 4.78 is 84.9. The van der Waals surface area contributed by atoms with Crippen LogP contribution < -0.4 is 0 Å². The Bertz CT molecular complexity index is 1140. The minimum Gasteiger partial charge on any atom is -0.402 e. The van der Waals surface area contributed by atoms with Gasteiger partial charge in [-0.2, -0.15) is 0 Å². The summed E-state index contributed by atoms with van der Waals surface area (Å²) in [6.07, 6.45) is -8.77. The van der Waals surface area contributed by atoms with Crippen LogP contribution in [0.15, 0.2) is 72.2 Å². The molecule has 0 saturated carbocycles. The molecule has 0 aliphatic heterocycles. The lowest BCUT2D eigenvalue weighted by atomic mass is 9.82. The maximum absolute atomic E-state index is 12.9. The van der Waals surface area contributed by atoms with E-state index in [-0.39, 0.29) is 33.4 Å². The van der Waals surface area contributed by atoms with E-state index < -0.39 is 35.8 Å². The summed E-state index contributed by atoms with van der Waals surface area (Å²) in [5.41, 5.74) is -0.0384. The quantitative estimate of drug-likeness (QED) is 0.538. The van der Waals surface area contributed by atoms with Gasteiger partial charge < -0.3 is 9.47 Å². The Balaban J connectivity index is 2.02. The summed E-state index contributed by atoms with van der Waals surface area (Å²) in [6, 6.07) is 11.2. The summed E-state index contributed by atoms with van der Waals surface area (Å²) in [6.45, 7) is 0. The van der Waals surface area contributed by atoms with Crippen molar-refractivity contribution in [1.29, 1.82) is 0 Å². The van der Waals surface area contributed by atoms with Crippen LogP contribution in [0.1, 0.15) is 31.8 Å². The van der Waals surface area contributed by atoms with E-state index in [0.717, 1.165) is 12.2 Å². The first-order chi connectivity index (χ1) is 14.9. The van der Waals surface area contributed by atoms with Crippen molar-refractivity contribution < 1.29 is 45.4 Å². The van der Waals surface area contributed by atoms with Gasteiger partial charge in [0.05, 0.1) is 0 Å². The molecule has 2 aromatic carbocycles. The minimum atomic E-state index is -5.18. The number of carbonyl (C=O) groups is 2. The van der Waals surface area contributed by atoms with Crippen LogP contribution in [0.3, 0.4) is 0 Å². The molecule has 0 fully saturated rings. The molecule has 4 nitrogen and oxygen atoms in total. The normalized spacial score (nSPS) is 18.4. The van der Waals surface area contributed by atoms with Crippen LogP contribution in [0.2, 0.25) is 0 Å². The van der Waals surface area contributed by atoms with Crippen LogP contribution in [0, 0.1) is 0 Å². The Labute approximate surface area is 176 Å². The maximum Gasteiger partial charge on any atom is 0.573 e. The first-order valence-corrected chi connectivity index (χ1v) is 8.92. The number of alkyl halides is 6. The number of fused-ring (bicyclic) bond motifs is 2. The smallest absolute Gasteiger partial charge is 0.402 e. The molecule has 0 bridgehead atoms. The average Bonchev–Trinajstić information content (AvgIpc) is 2.71. The Kier molecular flexibility index (Phi) is 4.95. The molecule has 0 amide bonds. The highest BCUT2D eigenvalue weighted by Gasteiger charge is 2.39. The molecule has 0 N–H and O–H groups in total. The van der Waals surface area contributed by atoms with Crippen LogP contribution in [0.25, 0.3) is 11.1 Å². The number of allylic oxidation sites excluding steroid dienone is 6. The zero-order chi connectivity index (χ0) is 23.3. The molecule has 10 heteroatoms. The number of halogens is 6. The van der Waals surface area contributed by atoms with Gasteiger partial charge in [-0.1, -0.05) is 48.5 Å². The van der Waals surface area contributed by atoms with Gasteiger partial charge in [0, 0.05) is 11.1 Å². The third-order valence-corrected chi connectivity index (χ3v) is 4.66. The lowest BCUT2D eigenvalue weighted by Crippen LogP contribution is -2.23. The van der Waals surface area contributed by atoms with Crippen molar-refractivity contribution in [3.05, 3.63) is 94.5 Å². The van der Waals surface area contributed by atoms with Crippen LogP contribution in [0.5, 0.6) is 0 Å². The third-order valence-electron chi connectivity index (χ3n) is 4.66. The van der Waals surface area contributed by atoms with Crippen molar-refractivity contribution in [3.8, 4) is 0 Å². The Morgan fingerprint density at radius 3 is 1.16 bits per heavy atom. The molecule has 164 valence electrons. The Morgan fingerprint density at radius 2 is 0.844 bits per heavy atom. The van der Waals surface area contributed by atoms with E-state index in [9.17, 15) is 35.9 Å². The summed E-state index contributed by atoms with van der Waals surface area (Å²) in [5, 5.41) is 0. The fourth-order valence-electron chi connectivity index (χ4n) is 3.49. The highest BCUT2D eigenvalue weighted by molar-refractivity contribution is 6.22. The number of benzene rings is 2.